The molecule has 0 radical (unpaired) electrons. The minimum absolute atomic E-state index is 0.200. The third kappa shape index (κ3) is 2.61. The fraction of sp³-hybridized carbons (Fsp3) is 0.750. The number of aldehydes is 1. The summed E-state index contributed by atoms with van der Waals surface area (Å²) in [6.07, 6.45) is 4.16. The number of methoxy groups -OCH3 is 1. The van der Waals surface area contributed by atoms with Crippen molar-refractivity contribution < 1.29 is 38.6 Å². The predicted molar refractivity (Wildman–Crippen MR) is 128 cm³/mol. The zero-order valence-electron chi connectivity index (χ0n) is 22.5. The number of hydrogen-bond donors (Lipinski definition) is 1. The Morgan fingerprint density at radius 2 is 1.67 bits per heavy atom. The number of carbonyl (C=O) groups is 5. The summed E-state index contributed by atoms with van der Waals surface area (Å²) in [6.45, 7) is 11.6. The standard InChI is InChI=1S/C28H38O8/c1-15-13-18-24(5,28(22(33)35-8)21(32)26(7,34)20(31)25(15,28)6)11-9-17-23(3,4)19(36-16(2)30)10-12-27(17,18)14-29/h13-14,17-19,34H,9-12H2,1-8H3/t17-,18+,19-,24-,25+,26+,27+,28-/m0/s1. The van der Waals surface area contributed by atoms with E-state index < -0.39 is 56.1 Å². The van der Waals surface area contributed by atoms with Crippen LogP contribution in [0.4, 0.5) is 0 Å². The summed E-state index contributed by atoms with van der Waals surface area (Å²) in [6, 6.07) is 0. The van der Waals surface area contributed by atoms with Gasteiger partial charge in [0.1, 0.15) is 12.4 Å². The van der Waals surface area contributed by atoms with Crippen LogP contribution in [0.15, 0.2) is 11.6 Å². The molecule has 0 spiro atoms. The Morgan fingerprint density at radius 1 is 1.06 bits per heavy atom. The first-order valence-corrected chi connectivity index (χ1v) is 12.7. The number of Topliss-reactive ketones (excluding diaryl/α,β-unsaturated/α-hetero) is 2. The van der Waals surface area contributed by atoms with Crippen molar-refractivity contribution in [1.82, 2.24) is 0 Å². The maximum Gasteiger partial charge on any atom is 0.321 e. The number of hydrogen-bond acceptors (Lipinski definition) is 8. The molecule has 0 saturated heterocycles. The molecular weight excluding hydrogens is 464 g/mol. The van der Waals surface area contributed by atoms with E-state index in [9.17, 15) is 29.1 Å². The minimum atomic E-state index is -2.37. The number of carbonyl (C=O) groups excluding carboxylic acids is 5. The average molecular weight is 503 g/mol. The lowest BCUT2D eigenvalue weighted by Crippen LogP contribution is -2.70. The van der Waals surface area contributed by atoms with Crippen molar-refractivity contribution in [3.63, 3.8) is 0 Å². The van der Waals surface area contributed by atoms with Crippen molar-refractivity contribution in [2.75, 3.05) is 7.11 Å². The van der Waals surface area contributed by atoms with Gasteiger partial charge in [0.15, 0.2) is 22.6 Å². The highest BCUT2D eigenvalue weighted by Gasteiger charge is 2.85. The van der Waals surface area contributed by atoms with Crippen LogP contribution in [0.1, 0.15) is 74.1 Å². The van der Waals surface area contributed by atoms with E-state index in [0.29, 0.717) is 31.3 Å². The van der Waals surface area contributed by atoms with Crippen LogP contribution in [0.25, 0.3) is 0 Å². The first-order chi connectivity index (χ1) is 16.5. The quantitative estimate of drug-likeness (QED) is 0.270. The molecule has 0 aromatic carbocycles. The van der Waals surface area contributed by atoms with Gasteiger partial charge < -0.3 is 19.4 Å². The first kappa shape index (κ1) is 26.7. The summed E-state index contributed by atoms with van der Waals surface area (Å²) < 4.78 is 10.9. The van der Waals surface area contributed by atoms with Crippen LogP contribution in [-0.4, -0.2) is 53.7 Å². The Balaban J connectivity index is 2.01. The summed E-state index contributed by atoms with van der Waals surface area (Å²) in [5.41, 5.74) is -8.18. The Kier molecular flexibility index (Phi) is 5.63. The van der Waals surface area contributed by atoms with Gasteiger partial charge in [0.2, 0.25) is 0 Å². The molecule has 0 bridgehead atoms. The number of rotatable bonds is 3. The van der Waals surface area contributed by atoms with Crippen LogP contribution in [-0.2, 0) is 33.4 Å². The second-order valence-corrected chi connectivity index (χ2v) is 12.6. The van der Waals surface area contributed by atoms with Gasteiger partial charge in [-0.1, -0.05) is 32.4 Å². The lowest BCUT2D eigenvalue weighted by molar-refractivity contribution is -0.217. The maximum absolute atomic E-state index is 14.1. The molecule has 4 aliphatic rings. The van der Waals surface area contributed by atoms with Gasteiger partial charge in [0, 0.05) is 17.8 Å². The SMILES string of the molecule is COC(=O)[C@]12C(=O)[C@](C)(O)C(=O)[C@@]1(C)C(C)=C[C@H]1[C@@]3(C=O)CC[C@H](OC(C)=O)C(C)(C)[C@@H]3CC[C@@]12C. The van der Waals surface area contributed by atoms with E-state index in [4.69, 9.17) is 9.47 Å². The number of ether oxygens (including phenoxy) is 2. The topological polar surface area (TPSA) is 124 Å². The Morgan fingerprint density at radius 3 is 2.19 bits per heavy atom. The second kappa shape index (κ2) is 7.59. The van der Waals surface area contributed by atoms with Crippen molar-refractivity contribution in [1.29, 1.82) is 0 Å². The van der Waals surface area contributed by atoms with E-state index in [2.05, 4.69) is 0 Å². The molecule has 0 heterocycles. The molecule has 0 aromatic heterocycles. The summed E-state index contributed by atoms with van der Waals surface area (Å²) in [5.74, 6) is -3.58. The van der Waals surface area contributed by atoms with Crippen LogP contribution >= 0.6 is 0 Å². The lowest BCUT2D eigenvalue weighted by Gasteiger charge is -2.67. The Bertz CT molecular complexity index is 1100. The minimum Gasteiger partial charge on any atom is -0.468 e. The summed E-state index contributed by atoms with van der Waals surface area (Å²) in [4.78, 5) is 66.6. The predicted octanol–water partition coefficient (Wildman–Crippen LogP) is 2.98. The van der Waals surface area contributed by atoms with Gasteiger partial charge in [-0.05, 0) is 63.7 Å². The number of esters is 2. The molecule has 8 heteroatoms. The number of ketones is 2. The fourth-order valence-electron chi connectivity index (χ4n) is 9.19. The molecule has 8 atom stereocenters. The highest BCUT2D eigenvalue weighted by atomic mass is 16.5. The molecule has 0 aliphatic heterocycles. The third-order valence-electron chi connectivity index (χ3n) is 10.9. The van der Waals surface area contributed by atoms with Gasteiger partial charge in [-0.25, -0.2) is 0 Å². The molecule has 1 N–H and O–H groups in total. The van der Waals surface area contributed by atoms with E-state index in [0.717, 1.165) is 13.2 Å². The molecule has 4 rings (SSSR count). The van der Waals surface area contributed by atoms with E-state index in [-0.39, 0.29) is 18.0 Å². The Hall–Kier alpha value is -2.35. The van der Waals surface area contributed by atoms with E-state index in [1.54, 1.807) is 20.8 Å². The molecular formula is C28H38O8. The number of aliphatic hydroxyl groups is 1. The molecule has 0 amide bonds. The van der Waals surface area contributed by atoms with Crippen molar-refractivity contribution in [3.05, 3.63) is 11.6 Å². The fourth-order valence-corrected chi connectivity index (χ4v) is 9.19. The highest BCUT2D eigenvalue weighted by molar-refractivity contribution is 6.30. The molecule has 3 fully saturated rings. The first-order valence-electron chi connectivity index (χ1n) is 12.7. The van der Waals surface area contributed by atoms with Gasteiger partial charge in [0.05, 0.1) is 12.5 Å². The average Bonchev–Trinajstić information content (AvgIpc) is 2.93. The second-order valence-electron chi connectivity index (χ2n) is 12.6. The van der Waals surface area contributed by atoms with Gasteiger partial charge in [-0.2, -0.15) is 0 Å². The summed E-state index contributed by atoms with van der Waals surface area (Å²) >= 11 is 0. The smallest absolute Gasteiger partial charge is 0.321 e. The number of allylic oxidation sites excluding steroid dienone is 2. The molecule has 0 unspecified atom stereocenters. The monoisotopic (exact) mass is 502 g/mol. The molecule has 36 heavy (non-hydrogen) atoms. The van der Waals surface area contributed by atoms with Crippen molar-refractivity contribution in [2.45, 2.75) is 85.9 Å². The maximum atomic E-state index is 14.1. The van der Waals surface area contributed by atoms with Crippen molar-refractivity contribution in [2.24, 2.45) is 38.9 Å². The summed E-state index contributed by atoms with van der Waals surface area (Å²) in [7, 11) is 1.18. The van der Waals surface area contributed by atoms with Crippen LogP contribution in [0, 0.1) is 38.9 Å². The molecule has 198 valence electrons. The van der Waals surface area contributed by atoms with Crippen LogP contribution < -0.4 is 0 Å². The van der Waals surface area contributed by atoms with E-state index in [1.807, 2.05) is 19.9 Å². The van der Waals surface area contributed by atoms with Crippen molar-refractivity contribution >= 4 is 29.8 Å². The molecule has 4 aliphatic carbocycles. The van der Waals surface area contributed by atoms with Gasteiger partial charge in [0.25, 0.3) is 0 Å². The van der Waals surface area contributed by atoms with E-state index in [1.165, 1.54) is 14.0 Å². The normalized spacial score (nSPS) is 47.1. The zero-order chi connectivity index (χ0) is 27.3. The largest absolute Gasteiger partial charge is 0.468 e. The van der Waals surface area contributed by atoms with Crippen molar-refractivity contribution in [3.8, 4) is 0 Å². The van der Waals surface area contributed by atoms with Crippen LogP contribution in [0.2, 0.25) is 0 Å². The molecule has 8 nitrogen and oxygen atoms in total. The van der Waals surface area contributed by atoms with Crippen LogP contribution in [0.5, 0.6) is 0 Å². The zero-order valence-corrected chi connectivity index (χ0v) is 22.5. The molecule has 3 saturated carbocycles. The highest BCUT2D eigenvalue weighted by Crippen LogP contribution is 2.76. The van der Waals surface area contributed by atoms with Gasteiger partial charge in [-0.15, -0.1) is 0 Å². The van der Waals surface area contributed by atoms with Crippen LogP contribution in [0.3, 0.4) is 0 Å². The van der Waals surface area contributed by atoms with Gasteiger partial charge in [-0.3, -0.25) is 19.2 Å². The lowest BCUT2D eigenvalue weighted by atomic mass is 9.34. The Labute approximate surface area is 212 Å². The summed E-state index contributed by atoms with van der Waals surface area (Å²) in [5, 5.41) is 11.2. The third-order valence-corrected chi connectivity index (χ3v) is 10.9. The molecule has 0 aromatic rings. The number of fused-ring (bicyclic) bond motifs is 5. The van der Waals surface area contributed by atoms with E-state index >= 15 is 0 Å². The van der Waals surface area contributed by atoms with Gasteiger partial charge >= 0.3 is 11.9 Å².